The summed E-state index contributed by atoms with van der Waals surface area (Å²) in [5.74, 6) is 1.28. The first-order chi connectivity index (χ1) is 14.5. The average Bonchev–Trinajstić information content (AvgIpc) is 3.42. The highest BCUT2D eigenvalue weighted by Crippen LogP contribution is 2.31. The van der Waals surface area contributed by atoms with Gasteiger partial charge in [-0.2, -0.15) is 5.10 Å². The zero-order chi connectivity index (χ0) is 21.1. The van der Waals surface area contributed by atoms with Gasteiger partial charge < -0.3 is 15.5 Å². The van der Waals surface area contributed by atoms with Crippen molar-refractivity contribution in [3.8, 4) is 0 Å². The molecular formula is C21H27N5O3S. The Morgan fingerprint density at radius 3 is 2.73 bits per heavy atom. The van der Waals surface area contributed by atoms with Crippen LogP contribution in [-0.2, 0) is 22.4 Å². The number of nitrogens with zero attached hydrogens (tertiary/aromatic N) is 3. The molecule has 1 aliphatic carbocycles. The summed E-state index contributed by atoms with van der Waals surface area (Å²) in [7, 11) is 0. The molecule has 1 aromatic rings. The van der Waals surface area contributed by atoms with Gasteiger partial charge >= 0.3 is 6.03 Å². The number of fused-ring (bicyclic) bond motifs is 1. The Morgan fingerprint density at radius 2 is 1.93 bits per heavy atom. The number of urea groups is 1. The van der Waals surface area contributed by atoms with Gasteiger partial charge in [-0.15, -0.1) is 11.8 Å². The Kier molecular flexibility index (Phi) is 6.26. The van der Waals surface area contributed by atoms with Crippen LogP contribution in [0.2, 0.25) is 0 Å². The largest absolute Gasteiger partial charge is 0.350 e. The zero-order valence-corrected chi connectivity index (χ0v) is 17.6. The van der Waals surface area contributed by atoms with E-state index in [2.05, 4.69) is 22.7 Å². The monoisotopic (exact) mass is 429 g/mol. The van der Waals surface area contributed by atoms with E-state index >= 15 is 0 Å². The number of amides is 4. The maximum absolute atomic E-state index is 13.3. The second-order valence-electron chi connectivity index (χ2n) is 8.03. The van der Waals surface area contributed by atoms with Crippen LogP contribution in [0.4, 0.5) is 4.79 Å². The molecular weight excluding hydrogens is 402 g/mol. The molecule has 2 aliphatic heterocycles. The predicted molar refractivity (Wildman–Crippen MR) is 116 cm³/mol. The Labute approximate surface area is 180 Å². The van der Waals surface area contributed by atoms with Crippen molar-refractivity contribution < 1.29 is 14.4 Å². The van der Waals surface area contributed by atoms with Crippen LogP contribution in [0.1, 0.15) is 30.4 Å². The molecule has 30 heavy (non-hydrogen) atoms. The molecule has 1 aromatic carbocycles. The molecule has 2 saturated heterocycles. The average molecular weight is 430 g/mol. The summed E-state index contributed by atoms with van der Waals surface area (Å²) in [4.78, 5) is 41.0. The van der Waals surface area contributed by atoms with Crippen LogP contribution >= 0.6 is 11.8 Å². The number of thioether (sulfide) groups is 1. The van der Waals surface area contributed by atoms with E-state index in [0.717, 1.165) is 25.7 Å². The molecule has 8 nitrogen and oxygen atoms in total. The second kappa shape index (κ2) is 9.07. The summed E-state index contributed by atoms with van der Waals surface area (Å²) in [6, 6.07) is 6.94. The Balaban J connectivity index is 1.43. The van der Waals surface area contributed by atoms with Gasteiger partial charge in [0.25, 0.3) is 0 Å². The van der Waals surface area contributed by atoms with E-state index in [0.29, 0.717) is 24.6 Å². The van der Waals surface area contributed by atoms with Crippen LogP contribution in [0.15, 0.2) is 29.4 Å². The third-order valence-electron chi connectivity index (χ3n) is 6.14. The maximum atomic E-state index is 13.3. The number of rotatable bonds is 4. The van der Waals surface area contributed by atoms with Crippen molar-refractivity contribution >= 4 is 35.8 Å². The lowest BCUT2D eigenvalue weighted by atomic mass is 9.83. The third-order valence-corrected chi connectivity index (χ3v) is 7.18. The highest BCUT2D eigenvalue weighted by atomic mass is 32.2. The number of aryl methyl sites for hydroxylation is 1. The molecule has 4 rings (SSSR count). The second-order valence-corrected chi connectivity index (χ2v) is 9.03. The molecule has 9 heteroatoms. The van der Waals surface area contributed by atoms with Crippen molar-refractivity contribution in [2.24, 2.45) is 16.8 Å². The molecule has 0 radical (unpaired) electrons. The van der Waals surface area contributed by atoms with Crippen molar-refractivity contribution in [3.63, 3.8) is 0 Å². The maximum Gasteiger partial charge on any atom is 0.332 e. The molecule has 0 spiro atoms. The molecule has 3 atom stereocenters. The minimum atomic E-state index is -0.739. The highest BCUT2D eigenvalue weighted by molar-refractivity contribution is 7.99. The van der Waals surface area contributed by atoms with E-state index in [-0.39, 0.29) is 23.8 Å². The van der Waals surface area contributed by atoms with Crippen molar-refractivity contribution in [2.75, 3.05) is 18.2 Å². The van der Waals surface area contributed by atoms with Gasteiger partial charge in [0.2, 0.25) is 11.8 Å². The first-order valence-electron chi connectivity index (χ1n) is 10.4. The number of benzene rings is 1. The molecule has 2 fully saturated rings. The number of carbonyl (C=O) groups excluding carboxylic acids is 3. The van der Waals surface area contributed by atoms with Crippen LogP contribution in [0.5, 0.6) is 0 Å². The smallest absolute Gasteiger partial charge is 0.332 e. The number of nitrogens with one attached hydrogen (secondary N) is 1. The van der Waals surface area contributed by atoms with Crippen LogP contribution in [0, 0.1) is 5.92 Å². The Morgan fingerprint density at radius 1 is 1.13 bits per heavy atom. The summed E-state index contributed by atoms with van der Waals surface area (Å²) in [5.41, 5.74) is 9.78. The Bertz CT molecular complexity index is 861. The fraction of sp³-hybridized carbons (Fsp3) is 0.524. The van der Waals surface area contributed by atoms with Crippen molar-refractivity contribution in [1.82, 2.24) is 15.2 Å². The summed E-state index contributed by atoms with van der Waals surface area (Å²) in [6.45, 7) is 0.635. The van der Waals surface area contributed by atoms with Gasteiger partial charge in [0.1, 0.15) is 6.04 Å². The van der Waals surface area contributed by atoms with E-state index in [1.165, 1.54) is 11.1 Å². The topological polar surface area (TPSA) is 108 Å². The predicted octanol–water partition coefficient (Wildman–Crippen LogP) is 1.34. The molecule has 0 saturated carbocycles. The lowest BCUT2D eigenvalue weighted by Gasteiger charge is -2.33. The molecule has 0 bridgehead atoms. The van der Waals surface area contributed by atoms with Crippen molar-refractivity contribution in [1.29, 1.82) is 0 Å². The van der Waals surface area contributed by atoms with Crippen molar-refractivity contribution in [3.05, 3.63) is 35.4 Å². The zero-order valence-electron chi connectivity index (χ0n) is 16.8. The highest BCUT2D eigenvalue weighted by Gasteiger charge is 2.42. The fourth-order valence-electron chi connectivity index (χ4n) is 4.62. The Hall–Kier alpha value is -2.55. The normalized spacial score (nSPS) is 26.1. The minimum Gasteiger partial charge on any atom is -0.350 e. The molecule has 2 heterocycles. The molecule has 160 valence electrons. The molecule has 3 N–H and O–H groups in total. The lowest BCUT2D eigenvalue weighted by Crippen LogP contribution is -2.51. The number of hydrazone groups is 1. The summed E-state index contributed by atoms with van der Waals surface area (Å²) in [5, 5.41) is 3.82. The number of carbonyl (C=O) groups is 3. The summed E-state index contributed by atoms with van der Waals surface area (Å²) in [6.07, 6.45) is 5.57. The van der Waals surface area contributed by atoms with Gasteiger partial charge in [0.05, 0.1) is 11.9 Å². The van der Waals surface area contributed by atoms with E-state index in [1.807, 2.05) is 12.1 Å². The molecule has 4 amide bonds. The number of hydrogen-bond donors (Lipinski definition) is 2. The van der Waals surface area contributed by atoms with E-state index in [9.17, 15) is 14.4 Å². The van der Waals surface area contributed by atoms with E-state index < -0.39 is 12.1 Å². The van der Waals surface area contributed by atoms with Gasteiger partial charge in [0, 0.05) is 24.4 Å². The van der Waals surface area contributed by atoms with Gasteiger partial charge in [-0.3, -0.25) is 9.59 Å². The first-order valence-corrected chi connectivity index (χ1v) is 11.5. The van der Waals surface area contributed by atoms with Gasteiger partial charge in [-0.05, 0) is 43.2 Å². The molecule has 0 unspecified atom stereocenters. The fourth-order valence-corrected chi connectivity index (χ4v) is 5.75. The van der Waals surface area contributed by atoms with Gasteiger partial charge in [-0.25, -0.2) is 10.2 Å². The van der Waals surface area contributed by atoms with E-state index in [1.54, 1.807) is 27.8 Å². The molecule has 3 aliphatic rings. The van der Waals surface area contributed by atoms with Crippen LogP contribution in [0.25, 0.3) is 0 Å². The number of likely N-dealkylation sites (tertiary alicyclic amines) is 1. The number of hydrogen-bond acceptors (Lipinski definition) is 5. The summed E-state index contributed by atoms with van der Waals surface area (Å²) >= 11 is 1.63. The standard InChI is InChI=1S/C21H27N5O3S/c22-21(29)24-23-11-17-12-30-13-26(17)20(28)18-6-3-9-25(18)19(27)16-8-7-14-4-1-2-5-15(14)10-16/h1-2,4-5,11,16-18H,3,6-10,12-13H2,(H3,22,24,29)/t16-,17+,18-/m0/s1. The van der Waals surface area contributed by atoms with Gasteiger partial charge in [-0.1, -0.05) is 24.3 Å². The lowest BCUT2D eigenvalue weighted by molar-refractivity contribution is -0.145. The molecule has 0 aromatic heterocycles. The van der Waals surface area contributed by atoms with Crippen LogP contribution in [0.3, 0.4) is 0 Å². The summed E-state index contributed by atoms with van der Waals surface area (Å²) < 4.78 is 0. The SMILES string of the molecule is NC(=O)NN=C[C@@H]1CSCN1C(=O)[C@@H]1CCCN1C(=O)[C@H]1CCc2ccccc2C1. The van der Waals surface area contributed by atoms with Gasteiger partial charge in [0.15, 0.2) is 0 Å². The van der Waals surface area contributed by atoms with Crippen LogP contribution < -0.4 is 11.2 Å². The number of nitrogens with two attached hydrogens (primary N) is 1. The first kappa shape index (κ1) is 20.7. The van der Waals surface area contributed by atoms with Crippen LogP contribution in [-0.4, -0.2) is 64.1 Å². The third kappa shape index (κ3) is 4.30. The quantitative estimate of drug-likeness (QED) is 0.556. The van der Waals surface area contributed by atoms with E-state index in [4.69, 9.17) is 5.73 Å². The number of primary amides is 1. The minimum absolute atomic E-state index is 0.0300. The van der Waals surface area contributed by atoms with Crippen molar-refractivity contribution in [2.45, 2.75) is 44.2 Å².